The number of hydrogen-bond acceptors (Lipinski definition) is 2. The standard InChI is InChI=1S/C46H27NOS/c1-2-12-28(13-3-1)29-22-24-41-36(26-29)33-16-6-9-19-39(33)47(41)40-25-23-31(30-14-4-5-15-32(30)40)38-27-37-34-17-7-10-20-42(34)48-45(37)44-35-18-8-11-21-43(35)49-46(38)44/h1-27H. The molecule has 0 saturated heterocycles. The molecule has 3 heteroatoms. The lowest BCUT2D eigenvalue weighted by molar-refractivity contribution is 0.673. The molecule has 228 valence electrons. The van der Waals surface area contributed by atoms with Gasteiger partial charge in [0.2, 0.25) is 0 Å². The second-order valence-corrected chi connectivity index (χ2v) is 13.9. The molecule has 0 atom stereocenters. The van der Waals surface area contributed by atoms with E-state index < -0.39 is 0 Å². The predicted octanol–water partition coefficient (Wildman–Crippen LogP) is 13.5. The van der Waals surface area contributed by atoms with Gasteiger partial charge in [0, 0.05) is 52.7 Å². The highest BCUT2D eigenvalue weighted by atomic mass is 32.1. The number of nitrogens with zero attached hydrogens (tertiary/aromatic N) is 1. The van der Waals surface area contributed by atoms with Crippen molar-refractivity contribution in [1.29, 1.82) is 0 Å². The van der Waals surface area contributed by atoms with Gasteiger partial charge in [0.25, 0.3) is 0 Å². The van der Waals surface area contributed by atoms with E-state index in [1.165, 1.54) is 80.7 Å². The van der Waals surface area contributed by atoms with Crippen molar-refractivity contribution in [2.24, 2.45) is 0 Å². The monoisotopic (exact) mass is 641 g/mol. The van der Waals surface area contributed by atoms with E-state index in [1.54, 1.807) is 0 Å². The average molecular weight is 642 g/mol. The van der Waals surface area contributed by atoms with Gasteiger partial charge in [-0.15, -0.1) is 11.3 Å². The number of fused-ring (bicyclic) bond motifs is 11. The molecule has 8 aromatic carbocycles. The first kappa shape index (κ1) is 26.9. The first-order valence-corrected chi connectivity index (χ1v) is 17.5. The van der Waals surface area contributed by atoms with Crippen LogP contribution in [0.4, 0.5) is 0 Å². The molecule has 11 aromatic rings. The molecule has 3 heterocycles. The lowest BCUT2D eigenvalue weighted by atomic mass is 9.94. The molecule has 2 nitrogen and oxygen atoms in total. The van der Waals surface area contributed by atoms with Crippen molar-refractivity contribution < 1.29 is 4.42 Å². The number of aromatic nitrogens is 1. The van der Waals surface area contributed by atoms with Crippen LogP contribution in [0.25, 0.3) is 103 Å². The molecule has 0 aliphatic rings. The molecule has 0 aliphatic heterocycles. The van der Waals surface area contributed by atoms with Crippen LogP contribution in [0, 0.1) is 0 Å². The minimum Gasteiger partial charge on any atom is -0.455 e. The quantitative estimate of drug-likeness (QED) is 0.188. The molecule has 0 spiro atoms. The highest BCUT2D eigenvalue weighted by Gasteiger charge is 2.22. The number of furan rings is 1. The maximum atomic E-state index is 6.60. The molecule has 0 radical (unpaired) electrons. The molecule has 0 amide bonds. The van der Waals surface area contributed by atoms with Crippen molar-refractivity contribution in [2.75, 3.05) is 0 Å². The lowest BCUT2D eigenvalue weighted by Crippen LogP contribution is -1.96. The van der Waals surface area contributed by atoms with Gasteiger partial charge >= 0.3 is 0 Å². The van der Waals surface area contributed by atoms with Crippen LogP contribution < -0.4 is 0 Å². The highest BCUT2D eigenvalue weighted by molar-refractivity contribution is 7.26. The fourth-order valence-electron chi connectivity index (χ4n) is 8.02. The average Bonchev–Trinajstić information content (AvgIpc) is 3.84. The third kappa shape index (κ3) is 3.82. The zero-order chi connectivity index (χ0) is 32.1. The summed E-state index contributed by atoms with van der Waals surface area (Å²) >= 11 is 1.86. The largest absolute Gasteiger partial charge is 0.455 e. The van der Waals surface area contributed by atoms with E-state index in [9.17, 15) is 0 Å². The van der Waals surface area contributed by atoms with E-state index >= 15 is 0 Å². The summed E-state index contributed by atoms with van der Waals surface area (Å²) < 4.78 is 11.6. The van der Waals surface area contributed by atoms with Crippen molar-refractivity contribution >= 4 is 86.0 Å². The highest BCUT2D eigenvalue weighted by Crippen LogP contribution is 2.48. The van der Waals surface area contributed by atoms with E-state index in [2.05, 4.69) is 168 Å². The maximum absolute atomic E-state index is 6.60. The summed E-state index contributed by atoms with van der Waals surface area (Å²) in [6.07, 6.45) is 0. The molecule has 11 rings (SSSR count). The zero-order valence-electron chi connectivity index (χ0n) is 26.4. The van der Waals surface area contributed by atoms with Crippen molar-refractivity contribution in [1.82, 2.24) is 4.57 Å². The van der Waals surface area contributed by atoms with E-state index in [1.807, 2.05) is 11.3 Å². The van der Waals surface area contributed by atoms with Crippen LogP contribution in [0.5, 0.6) is 0 Å². The Labute approximate surface area is 285 Å². The Balaban J connectivity index is 1.21. The SMILES string of the molecule is c1ccc(-c2ccc3c(c2)c2ccccc2n3-c2ccc(-c3cc4c5ccccc5oc4c4c3sc3ccccc34)c3ccccc23)cc1. The van der Waals surface area contributed by atoms with Gasteiger partial charge in [0.15, 0.2) is 0 Å². The molecule has 0 aliphatic carbocycles. The Morgan fingerprint density at radius 3 is 2.00 bits per heavy atom. The zero-order valence-corrected chi connectivity index (χ0v) is 27.2. The molecule has 0 fully saturated rings. The molecule has 0 bridgehead atoms. The molecule has 0 saturated carbocycles. The Morgan fingerprint density at radius 1 is 0.429 bits per heavy atom. The fourth-order valence-corrected chi connectivity index (χ4v) is 9.25. The number of benzene rings is 8. The molecular weight excluding hydrogens is 615 g/mol. The van der Waals surface area contributed by atoms with Crippen LogP contribution in [0.15, 0.2) is 168 Å². The van der Waals surface area contributed by atoms with Crippen molar-refractivity contribution in [3.8, 4) is 27.9 Å². The number of thiophene rings is 1. The summed E-state index contributed by atoms with van der Waals surface area (Å²) in [6.45, 7) is 0. The van der Waals surface area contributed by atoms with Crippen LogP contribution in [0.1, 0.15) is 0 Å². The smallest absolute Gasteiger partial charge is 0.144 e. The Morgan fingerprint density at radius 2 is 1.12 bits per heavy atom. The Hall–Kier alpha value is -6.16. The molecule has 3 aromatic heterocycles. The summed E-state index contributed by atoms with van der Waals surface area (Å²) in [5.41, 5.74) is 10.4. The van der Waals surface area contributed by atoms with Crippen LogP contribution in [-0.2, 0) is 0 Å². The van der Waals surface area contributed by atoms with Gasteiger partial charge in [0.05, 0.1) is 16.7 Å². The summed E-state index contributed by atoms with van der Waals surface area (Å²) in [4.78, 5) is 0. The van der Waals surface area contributed by atoms with Gasteiger partial charge in [-0.3, -0.25) is 0 Å². The third-order valence-electron chi connectivity index (χ3n) is 10.2. The van der Waals surface area contributed by atoms with E-state index in [0.717, 1.165) is 21.9 Å². The maximum Gasteiger partial charge on any atom is 0.144 e. The van der Waals surface area contributed by atoms with Gasteiger partial charge in [-0.1, -0.05) is 121 Å². The van der Waals surface area contributed by atoms with Gasteiger partial charge in [-0.25, -0.2) is 0 Å². The van der Waals surface area contributed by atoms with Gasteiger partial charge < -0.3 is 8.98 Å². The van der Waals surface area contributed by atoms with Crippen molar-refractivity contribution in [3.05, 3.63) is 164 Å². The molecule has 49 heavy (non-hydrogen) atoms. The minimum absolute atomic E-state index is 0.924. The first-order valence-electron chi connectivity index (χ1n) is 16.7. The summed E-state index contributed by atoms with van der Waals surface area (Å²) in [5, 5.41) is 9.73. The van der Waals surface area contributed by atoms with Crippen LogP contribution in [-0.4, -0.2) is 4.57 Å². The molecule has 0 N–H and O–H groups in total. The van der Waals surface area contributed by atoms with E-state index in [4.69, 9.17) is 4.42 Å². The van der Waals surface area contributed by atoms with Gasteiger partial charge in [0.1, 0.15) is 11.2 Å². The first-order chi connectivity index (χ1) is 24.3. The van der Waals surface area contributed by atoms with E-state index in [-0.39, 0.29) is 0 Å². The Bertz CT molecular complexity index is 3100. The summed E-state index contributed by atoms with van der Waals surface area (Å²) in [7, 11) is 0. The number of para-hydroxylation sites is 2. The van der Waals surface area contributed by atoms with Crippen molar-refractivity contribution in [2.45, 2.75) is 0 Å². The topological polar surface area (TPSA) is 18.1 Å². The second kappa shape index (κ2) is 10.2. The summed E-state index contributed by atoms with van der Waals surface area (Å²) in [5.74, 6) is 0. The lowest BCUT2D eigenvalue weighted by Gasteiger charge is -2.15. The third-order valence-corrected chi connectivity index (χ3v) is 11.4. The van der Waals surface area contributed by atoms with Crippen molar-refractivity contribution in [3.63, 3.8) is 0 Å². The van der Waals surface area contributed by atoms with Gasteiger partial charge in [-0.2, -0.15) is 0 Å². The molecular formula is C46H27NOS. The van der Waals surface area contributed by atoms with Crippen LogP contribution in [0.3, 0.4) is 0 Å². The second-order valence-electron chi connectivity index (χ2n) is 12.8. The Kier molecular flexibility index (Phi) is 5.57. The summed E-state index contributed by atoms with van der Waals surface area (Å²) in [6, 6.07) is 59.4. The van der Waals surface area contributed by atoms with Gasteiger partial charge in [-0.05, 0) is 64.5 Å². The normalized spacial score (nSPS) is 12.1. The van der Waals surface area contributed by atoms with Crippen LogP contribution in [0.2, 0.25) is 0 Å². The fraction of sp³-hybridized carbons (Fsp3) is 0. The van der Waals surface area contributed by atoms with Crippen LogP contribution >= 0.6 is 11.3 Å². The molecule has 0 unspecified atom stereocenters. The number of hydrogen-bond donors (Lipinski definition) is 0. The number of rotatable bonds is 3. The predicted molar refractivity (Wildman–Crippen MR) is 209 cm³/mol. The minimum atomic E-state index is 0.924. The van der Waals surface area contributed by atoms with E-state index in [0.29, 0.717) is 0 Å².